The number of hydrogen-bond donors (Lipinski definition) is 1. The van der Waals surface area contributed by atoms with Gasteiger partial charge in [0.1, 0.15) is 11.6 Å². The van der Waals surface area contributed by atoms with E-state index in [1.165, 1.54) is 5.56 Å². The molecule has 0 aliphatic carbocycles. The van der Waals surface area contributed by atoms with Crippen molar-refractivity contribution >= 4 is 34.2 Å². The summed E-state index contributed by atoms with van der Waals surface area (Å²) in [6, 6.07) is 33.3. The van der Waals surface area contributed by atoms with Gasteiger partial charge in [-0.1, -0.05) is 54.1 Å². The Kier molecular flexibility index (Phi) is 6.77. The Bertz CT molecular complexity index is 1430. The quantitative estimate of drug-likeness (QED) is 0.276. The number of fused-ring (bicyclic) bond motifs is 1. The summed E-state index contributed by atoms with van der Waals surface area (Å²) < 4.78 is 7.73. The van der Waals surface area contributed by atoms with Crippen molar-refractivity contribution in [3.63, 3.8) is 0 Å². The minimum Gasteiger partial charge on any atom is -0.484 e. The molecule has 5 rings (SSSR count). The number of anilines is 1. The molecule has 35 heavy (non-hydrogen) atoms. The third-order valence-corrected chi connectivity index (χ3v) is 5.96. The van der Waals surface area contributed by atoms with Gasteiger partial charge in [0, 0.05) is 22.8 Å². The minimum absolute atomic E-state index is 0.0703. The average Bonchev–Trinajstić information content (AvgIpc) is 3.27. The van der Waals surface area contributed by atoms with Crippen molar-refractivity contribution in [2.75, 3.05) is 11.9 Å². The first kappa shape index (κ1) is 22.7. The molecule has 1 amide bonds. The Labute approximate surface area is 209 Å². The second-order valence-corrected chi connectivity index (χ2v) is 8.61. The molecule has 0 aliphatic rings. The van der Waals surface area contributed by atoms with Gasteiger partial charge in [0.2, 0.25) is 0 Å². The van der Waals surface area contributed by atoms with Crippen LogP contribution in [0.25, 0.3) is 16.7 Å². The van der Waals surface area contributed by atoms with Crippen LogP contribution in [0.15, 0.2) is 103 Å². The first-order valence-electron chi connectivity index (χ1n) is 11.4. The maximum absolute atomic E-state index is 12.2. The first-order chi connectivity index (χ1) is 17.2. The zero-order valence-corrected chi connectivity index (χ0v) is 19.8. The molecule has 4 aromatic carbocycles. The van der Waals surface area contributed by atoms with Gasteiger partial charge in [-0.05, 0) is 72.6 Å². The molecule has 5 aromatic rings. The average molecular weight is 482 g/mol. The lowest BCUT2D eigenvalue weighted by Gasteiger charge is -2.10. The smallest absolute Gasteiger partial charge is 0.262 e. The molecular formula is C29H24ClN3O2. The molecule has 174 valence electrons. The van der Waals surface area contributed by atoms with Gasteiger partial charge >= 0.3 is 0 Å². The lowest BCUT2D eigenvalue weighted by molar-refractivity contribution is -0.118. The summed E-state index contributed by atoms with van der Waals surface area (Å²) in [5.74, 6) is 1.40. The molecule has 0 saturated heterocycles. The monoisotopic (exact) mass is 481 g/mol. The van der Waals surface area contributed by atoms with E-state index >= 15 is 0 Å². The van der Waals surface area contributed by atoms with Gasteiger partial charge in [-0.15, -0.1) is 0 Å². The summed E-state index contributed by atoms with van der Waals surface area (Å²) in [6.07, 6.45) is 1.63. The second kappa shape index (κ2) is 10.5. The molecule has 6 heteroatoms. The maximum atomic E-state index is 12.2. The number of nitrogens with zero attached hydrogens (tertiary/aromatic N) is 2. The van der Waals surface area contributed by atoms with Gasteiger partial charge in [-0.3, -0.25) is 9.36 Å². The van der Waals surface area contributed by atoms with Gasteiger partial charge in [0.25, 0.3) is 5.91 Å². The highest BCUT2D eigenvalue weighted by Crippen LogP contribution is 2.23. The number of amides is 1. The summed E-state index contributed by atoms with van der Waals surface area (Å²) in [7, 11) is 0. The number of nitrogens with one attached hydrogen (secondary N) is 1. The largest absolute Gasteiger partial charge is 0.484 e. The summed E-state index contributed by atoms with van der Waals surface area (Å²) >= 11 is 5.87. The number of rotatable bonds is 8. The van der Waals surface area contributed by atoms with Crippen LogP contribution in [0.2, 0.25) is 5.02 Å². The fourth-order valence-electron chi connectivity index (χ4n) is 4.00. The minimum atomic E-state index is -0.218. The van der Waals surface area contributed by atoms with Crippen molar-refractivity contribution in [1.29, 1.82) is 0 Å². The molecule has 1 aromatic heterocycles. The van der Waals surface area contributed by atoms with Crippen molar-refractivity contribution in [2.24, 2.45) is 0 Å². The number of carbonyl (C=O) groups is 1. The van der Waals surface area contributed by atoms with E-state index in [1.54, 1.807) is 24.3 Å². The highest BCUT2D eigenvalue weighted by molar-refractivity contribution is 6.30. The van der Waals surface area contributed by atoms with Gasteiger partial charge < -0.3 is 10.1 Å². The molecule has 0 spiro atoms. The number of benzene rings is 4. The van der Waals surface area contributed by atoms with Gasteiger partial charge in [0.15, 0.2) is 6.61 Å². The van der Waals surface area contributed by atoms with Crippen LogP contribution < -0.4 is 10.1 Å². The van der Waals surface area contributed by atoms with Crippen molar-refractivity contribution in [1.82, 2.24) is 9.55 Å². The van der Waals surface area contributed by atoms with E-state index in [1.807, 2.05) is 60.7 Å². The Hall–Kier alpha value is -4.09. The predicted molar refractivity (Wildman–Crippen MR) is 140 cm³/mol. The number of aryl methyl sites for hydroxylation is 2. The zero-order chi connectivity index (χ0) is 24.0. The zero-order valence-electron chi connectivity index (χ0n) is 19.0. The molecule has 0 atom stereocenters. The highest BCUT2D eigenvalue weighted by Gasteiger charge is 2.12. The molecule has 5 nitrogen and oxygen atoms in total. The Morgan fingerprint density at radius 3 is 2.31 bits per heavy atom. The summed E-state index contributed by atoms with van der Waals surface area (Å²) in [6.45, 7) is -0.0703. The lowest BCUT2D eigenvalue weighted by Crippen LogP contribution is -2.20. The number of para-hydroxylation sites is 3. The van der Waals surface area contributed by atoms with Gasteiger partial charge in [0.05, 0.1) is 11.0 Å². The standard InChI is InChI=1S/C29H24ClN3O2/c30-22-13-17-25(18-14-22)35-20-29(34)31-23-15-10-21(11-16-23)12-19-28-32-26-8-4-5-9-27(26)33(28)24-6-2-1-3-7-24/h1-11,13-18H,12,19-20H2,(H,31,34). The first-order valence-corrected chi connectivity index (χ1v) is 11.8. The molecule has 0 fully saturated rings. The van der Waals surface area contributed by atoms with E-state index in [9.17, 15) is 4.79 Å². The number of halogens is 1. The Morgan fingerprint density at radius 2 is 1.54 bits per heavy atom. The van der Waals surface area contributed by atoms with E-state index in [0.29, 0.717) is 10.8 Å². The summed E-state index contributed by atoms with van der Waals surface area (Å²) in [4.78, 5) is 17.1. The molecule has 1 N–H and O–H groups in total. The van der Waals surface area contributed by atoms with Crippen molar-refractivity contribution < 1.29 is 9.53 Å². The van der Waals surface area contributed by atoms with Gasteiger partial charge in [-0.25, -0.2) is 4.98 Å². The number of imidazole rings is 1. The van der Waals surface area contributed by atoms with Crippen molar-refractivity contribution in [3.05, 3.63) is 120 Å². The van der Waals surface area contributed by atoms with Crippen LogP contribution >= 0.6 is 11.6 Å². The van der Waals surface area contributed by atoms with Crippen LogP contribution in [0.3, 0.4) is 0 Å². The van der Waals surface area contributed by atoms with Gasteiger partial charge in [-0.2, -0.15) is 0 Å². The number of aromatic nitrogens is 2. The van der Waals surface area contributed by atoms with Crippen LogP contribution in [0.4, 0.5) is 5.69 Å². The van der Waals surface area contributed by atoms with Crippen LogP contribution in [0.1, 0.15) is 11.4 Å². The van der Waals surface area contributed by atoms with Crippen LogP contribution in [0.5, 0.6) is 5.75 Å². The van der Waals surface area contributed by atoms with Crippen LogP contribution in [0, 0.1) is 0 Å². The molecule has 0 aliphatic heterocycles. The molecule has 0 radical (unpaired) electrons. The number of carbonyl (C=O) groups excluding carboxylic acids is 1. The van der Waals surface area contributed by atoms with Crippen molar-refractivity contribution in [2.45, 2.75) is 12.8 Å². The molecule has 0 bridgehead atoms. The van der Waals surface area contributed by atoms with Crippen LogP contribution in [-0.4, -0.2) is 22.1 Å². The van der Waals surface area contributed by atoms with E-state index in [2.05, 4.69) is 28.1 Å². The Balaban J connectivity index is 1.22. The van der Waals surface area contributed by atoms with Crippen LogP contribution in [-0.2, 0) is 17.6 Å². The normalized spacial score (nSPS) is 10.9. The van der Waals surface area contributed by atoms with E-state index < -0.39 is 0 Å². The molecular weight excluding hydrogens is 458 g/mol. The fourth-order valence-corrected chi connectivity index (χ4v) is 4.12. The second-order valence-electron chi connectivity index (χ2n) is 8.18. The summed E-state index contributed by atoms with van der Waals surface area (Å²) in [5, 5.41) is 3.49. The number of ether oxygens (including phenoxy) is 1. The number of hydrogen-bond acceptors (Lipinski definition) is 3. The van der Waals surface area contributed by atoms with E-state index in [0.717, 1.165) is 41.1 Å². The molecule has 1 heterocycles. The summed E-state index contributed by atoms with van der Waals surface area (Å²) in [5.41, 5.74) is 5.11. The lowest BCUT2D eigenvalue weighted by atomic mass is 10.1. The van der Waals surface area contributed by atoms with E-state index in [4.69, 9.17) is 21.3 Å². The SMILES string of the molecule is O=C(COc1ccc(Cl)cc1)Nc1ccc(CCc2nc3ccccc3n2-c2ccccc2)cc1. The maximum Gasteiger partial charge on any atom is 0.262 e. The molecule has 0 unspecified atom stereocenters. The third kappa shape index (κ3) is 5.53. The topological polar surface area (TPSA) is 56.1 Å². The predicted octanol–water partition coefficient (Wildman–Crippen LogP) is 6.48. The third-order valence-electron chi connectivity index (χ3n) is 5.70. The van der Waals surface area contributed by atoms with E-state index in [-0.39, 0.29) is 12.5 Å². The Morgan fingerprint density at radius 1 is 0.829 bits per heavy atom. The van der Waals surface area contributed by atoms with Crippen molar-refractivity contribution in [3.8, 4) is 11.4 Å². The highest BCUT2D eigenvalue weighted by atomic mass is 35.5. The fraction of sp³-hybridized carbons (Fsp3) is 0.103. The molecule has 0 saturated carbocycles.